The number of esters is 1. The minimum atomic E-state index is -3.62. The highest BCUT2D eigenvalue weighted by molar-refractivity contribution is 7.89. The quantitative estimate of drug-likeness (QED) is 0.760. The van der Waals surface area contributed by atoms with Gasteiger partial charge in [-0.15, -0.1) is 12.4 Å². The predicted octanol–water partition coefficient (Wildman–Crippen LogP) is 1.98. The zero-order chi connectivity index (χ0) is 17.3. The molecule has 3 rings (SSSR count). The highest BCUT2D eigenvalue weighted by atomic mass is 35.5. The topological polar surface area (TPSA) is 97.6 Å². The molecule has 0 amide bonds. The van der Waals surface area contributed by atoms with Crippen LogP contribution in [0.2, 0.25) is 0 Å². The Morgan fingerprint density at radius 2 is 2.20 bits per heavy atom. The second-order valence-corrected chi connectivity index (χ2v) is 7.46. The van der Waals surface area contributed by atoms with Gasteiger partial charge in [0.15, 0.2) is 0 Å². The normalized spacial score (nSPS) is 17.4. The Hall–Kier alpha value is -1.61. The van der Waals surface area contributed by atoms with Gasteiger partial charge in [0.25, 0.3) is 0 Å². The van der Waals surface area contributed by atoms with Crippen LogP contribution >= 0.6 is 12.4 Å². The molecule has 138 valence electrons. The van der Waals surface area contributed by atoms with E-state index in [0.29, 0.717) is 23.1 Å². The van der Waals surface area contributed by atoms with E-state index in [1.54, 1.807) is 19.9 Å². The molecule has 0 saturated carbocycles. The van der Waals surface area contributed by atoms with Gasteiger partial charge in [0.2, 0.25) is 15.8 Å². The van der Waals surface area contributed by atoms with E-state index in [0.717, 1.165) is 13.0 Å². The Morgan fingerprint density at radius 3 is 2.84 bits per heavy atom. The van der Waals surface area contributed by atoms with Gasteiger partial charge in [-0.2, -0.15) is 0 Å². The fraction of sp³-hybridized carbons (Fsp3) is 0.438. The van der Waals surface area contributed by atoms with Crippen molar-refractivity contribution in [3.05, 3.63) is 29.5 Å². The highest BCUT2D eigenvalue weighted by Gasteiger charge is 2.25. The molecule has 2 aromatic rings. The fourth-order valence-electron chi connectivity index (χ4n) is 2.80. The van der Waals surface area contributed by atoms with Gasteiger partial charge in [-0.25, -0.2) is 17.9 Å². The number of hydrogen-bond donors (Lipinski definition) is 2. The minimum Gasteiger partial charge on any atom is -0.460 e. The molecule has 1 unspecified atom stereocenters. The average molecular weight is 389 g/mol. The number of aryl methyl sites for hydroxylation is 1. The lowest BCUT2D eigenvalue weighted by Crippen LogP contribution is -2.36. The summed E-state index contributed by atoms with van der Waals surface area (Å²) in [5.74, 6) is -0.444. The van der Waals surface area contributed by atoms with E-state index in [1.165, 1.54) is 12.1 Å². The molecule has 7 nitrogen and oxygen atoms in total. The number of rotatable bonds is 5. The third-order valence-corrected chi connectivity index (χ3v) is 5.58. The van der Waals surface area contributed by atoms with Crippen molar-refractivity contribution in [2.45, 2.75) is 31.2 Å². The summed E-state index contributed by atoms with van der Waals surface area (Å²) in [4.78, 5) is 12.0. The van der Waals surface area contributed by atoms with Crippen molar-refractivity contribution in [2.24, 2.45) is 0 Å². The number of halogens is 1. The molecule has 1 aromatic carbocycles. The Balaban J connectivity index is 0.00000225. The lowest BCUT2D eigenvalue weighted by Gasteiger charge is -2.12. The lowest BCUT2D eigenvalue weighted by atomic mass is 10.1. The maximum absolute atomic E-state index is 12.5. The van der Waals surface area contributed by atoms with Crippen LogP contribution < -0.4 is 10.0 Å². The van der Waals surface area contributed by atoms with Crippen LogP contribution in [0.25, 0.3) is 11.0 Å². The third-order valence-electron chi connectivity index (χ3n) is 4.06. The number of carbonyl (C=O) groups excluding carboxylic acids is 1. The Kier molecular flexibility index (Phi) is 6.10. The molecule has 1 fully saturated rings. The molecule has 1 aliphatic heterocycles. The Labute approximate surface area is 152 Å². The van der Waals surface area contributed by atoms with Gasteiger partial charge >= 0.3 is 5.97 Å². The molecule has 0 radical (unpaired) electrons. The van der Waals surface area contributed by atoms with Crippen LogP contribution in [0.5, 0.6) is 0 Å². The molecule has 25 heavy (non-hydrogen) atoms. The number of nitrogens with one attached hydrogen (secondary N) is 2. The summed E-state index contributed by atoms with van der Waals surface area (Å²) in [6.45, 7) is 5.09. The number of carbonyl (C=O) groups is 1. The summed E-state index contributed by atoms with van der Waals surface area (Å²) >= 11 is 0. The first-order valence-electron chi connectivity index (χ1n) is 7.85. The van der Waals surface area contributed by atoms with Crippen molar-refractivity contribution in [1.29, 1.82) is 0 Å². The molecule has 1 aliphatic rings. The fourth-order valence-corrected chi connectivity index (χ4v) is 4.10. The van der Waals surface area contributed by atoms with Gasteiger partial charge in [0.1, 0.15) is 5.58 Å². The SMILES string of the molecule is CCOC(=O)c1oc2ccc(S(=O)(=O)NC3CCNC3)cc2c1C.Cl. The van der Waals surface area contributed by atoms with Crippen molar-refractivity contribution in [2.75, 3.05) is 19.7 Å². The zero-order valence-corrected chi connectivity index (χ0v) is 15.6. The largest absolute Gasteiger partial charge is 0.460 e. The summed E-state index contributed by atoms with van der Waals surface area (Å²) in [6.07, 6.45) is 0.763. The molecule has 2 N–H and O–H groups in total. The molecule has 2 heterocycles. The summed E-state index contributed by atoms with van der Waals surface area (Å²) in [7, 11) is -3.62. The molecular weight excluding hydrogens is 368 g/mol. The van der Waals surface area contributed by atoms with E-state index in [2.05, 4.69) is 10.0 Å². The van der Waals surface area contributed by atoms with Gasteiger partial charge in [0.05, 0.1) is 11.5 Å². The summed E-state index contributed by atoms with van der Waals surface area (Å²) in [5, 5.41) is 3.71. The molecule has 1 aromatic heterocycles. The first-order chi connectivity index (χ1) is 11.4. The predicted molar refractivity (Wildman–Crippen MR) is 95.8 cm³/mol. The van der Waals surface area contributed by atoms with E-state index < -0.39 is 16.0 Å². The van der Waals surface area contributed by atoms with E-state index >= 15 is 0 Å². The molecular formula is C16H21ClN2O5S. The number of ether oxygens (including phenoxy) is 1. The minimum absolute atomic E-state index is 0. The zero-order valence-electron chi connectivity index (χ0n) is 14.0. The third kappa shape index (κ3) is 3.98. The number of hydrogen-bond acceptors (Lipinski definition) is 6. The van der Waals surface area contributed by atoms with Gasteiger partial charge in [0, 0.05) is 23.5 Å². The van der Waals surface area contributed by atoms with Crippen LogP contribution in [-0.4, -0.2) is 40.1 Å². The summed E-state index contributed by atoms with van der Waals surface area (Å²) in [5.41, 5.74) is 1.03. The first-order valence-corrected chi connectivity index (χ1v) is 9.34. The van der Waals surface area contributed by atoms with Crippen LogP contribution in [0.15, 0.2) is 27.5 Å². The molecule has 0 aliphatic carbocycles. The monoisotopic (exact) mass is 388 g/mol. The Bertz CT molecular complexity index is 872. The van der Waals surface area contributed by atoms with Crippen molar-refractivity contribution in [3.8, 4) is 0 Å². The van der Waals surface area contributed by atoms with E-state index in [-0.39, 0.29) is 35.7 Å². The number of sulfonamides is 1. The van der Waals surface area contributed by atoms with Gasteiger partial charge in [-0.3, -0.25) is 0 Å². The van der Waals surface area contributed by atoms with Crippen molar-refractivity contribution >= 4 is 39.4 Å². The van der Waals surface area contributed by atoms with Crippen LogP contribution in [0.4, 0.5) is 0 Å². The average Bonchev–Trinajstić information content (AvgIpc) is 3.15. The van der Waals surface area contributed by atoms with Crippen LogP contribution in [-0.2, 0) is 14.8 Å². The standard InChI is InChI=1S/C16H20N2O5S.ClH/c1-3-22-16(19)15-10(2)13-8-12(4-5-14(13)23-15)24(20,21)18-11-6-7-17-9-11;/h4-5,8,11,17-18H,3,6-7,9H2,1-2H3;1H. The number of fused-ring (bicyclic) bond motifs is 1. The Morgan fingerprint density at radius 1 is 1.44 bits per heavy atom. The summed E-state index contributed by atoms with van der Waals surface area (Å²) < 4.78 is 38.2. The van der Waals surface area contributed by atoms with Crippen molar-refractivity contribution in [3.63, 3.8) is 0 Å². The van der Waals surface area contributed by atoms with Crippen molar-refractivity contribution < 1.29 is 22.4 Å². The van der Waals surface area contributed by atoms with Gasteiger partial charge < -0.3 is 14.5 Å². The molecule has 9 heteroatoms. The first kappa shape index (κ1) is 19.7. The van der Waals surface area contributed by atoms with Crippen molar-refractivity contribution in [1.82, 2.24) is 10.0 Å². The number of furan rings is 1. The van der Waals surface area contributed by atoms with Crippen LogP contribution in [0.1, 0.15) is 29.5 Å². The summed E-state index contributed by atoms with van der Waals surface area (Å²) in [6, 6.07) is 4.46. The smallest absolute Gasteiger partial charge is 0.374 e. The van der Waals surface area contributed by atoms with E-state index in [4.69, 9.17) is 9.15 Å². The van der Waals surface area contributed by atoms with E-state index in [1.807, 2.05) is 0 Å². The number of benzene rings is 1. The molecule has 0 bridgehead atoms. The molecule has 1 atom stereocenters. The maximum Gasteiger partial charge on any atom is 0.374 e. The lowest BCUT2D eigenvalue weighted by molar-refractivity contribution is 0.0491. The van der Waals surface area contributed by atoms with Crippen LogP contribution in [0, 0.1) is 6.92 Å². The molecule has 0 spiro atoms. The van der Waals surface area contributed by atoms with E-state index in [9.17, 15) is 13.2 Å². The second-order valence-electron chi connectivity index (χ2n) is 5.75. The second kappa shape index (κ2) is 7.74. The highest BCUT2D eigenvalue weighted by Crippen LogP contribution is 2.28. The maximum atomic E-state index is 12.5. The van der Waals surface area contributed by atoms with Gasteiger partial charge in [-0.1, -0.05) is 0 Å². The van der Waals surface area contributed by atoms with Gasteiger partial charge in [-0.05, 0) is 45.0 Å². The van der Waals surface area contributed by atoms with Crippen LogP contribution in [0.3, 0.4) is 0 Å². The molecule has 1 saturated heterocycles.